The first kappa shape index (κ1) is 25.2. The third-order valence-electron chi connectivity index (χ3n) is 6.46. The molecule has 2 aliphatic rings. The third-order valence-corrected chi connectivity index (χ3v) is 8.37. The average molecular weight is 512 g/mol. The molecular formula is C23H28F3N5O3S. The smallest absolute Gasteiger partial charge is 0.368 e. The number of rotatable bonds is 5. The van der Waals surface area contributed by atoms with E-state index in [-0.39, 0.29) is 16.8 Å². The lowest BCUT2D eigenvalue weighted by molar-refractivity contribution is -0.137. The van der Waals surface area contributed by atoms with Gasteiger partial charge in [-0.15, -0.1) is 0 Å². The van der Waals surface area contributed by atoms with Gasteiger partial charge >= 0.3 is 6.18 Å². The minimum atomic E-state index is -4.44. The molecule has 12 heteroatoms. The number of alkyl halides is 3. The van der Waals surface area contributed by atoms with Gasteiger partial charge in [0.25, 0.3) is 0 Å². The SMILES string of the molecule is CC(=O)N1CCN(c2ccc(S(=O)(=O)N3CCC(Nc4ccc(C(F)(F)F)cn4)CC3)cc2)CC1. The summed E-state index contributed by atoms with van der Waals surface area (Å²) in [4.78, 5) is 19.5. The van der Waals surface area contributed by atoms with Gasteiger partial charge in [-0.05, 0) is 49.2 Å². The molecule has 0 radical (unpaired) electrons. The topological polar surface area (TPSA) is 85.9 Å². The van der Waals surface area contributed by atoms with Crippen LogP contribution in [0.2, 0.25) is 0 Å². The van der Waals surface area contributed by atoms with E-state index in [9.17, 15) is 26.4 Å². The van der Waals surface area contributed by atoms with Crippen LogP contribution in [0.15, 0.2) is 47.5 Å². The number of benzene rings is 1. The Morgan fingerprint density at radius 2 is 1.60 bits per heavy atom. The summed E-state index contributed by atoms with van der Waals surface area (Å²) in [6.45, 7) is 4.82. The molecule has 2 fully saturated rings. The lowest BCUT2D eigenvalue weighted by atomic mass is 10.1. The molecule has 0 atom stereocenters. The molecule has 4 rings (SSSR count). The van der Waals surface area contributed by atoms with Crippen molar-refractivity contribution in [3.8, 4) is 0 Å². The number of sulfonamides is 1. The number of piperazine rings is 1. The number of nitrogens with zero attached hydrogens (tertiary/aromatic N) is 4. The monoisotopic (exact) mass is 511 g/mol. The van der Waals surface area contributed by atoms with Crippen LogP contribution >= 0.6 is 0 Å². The predicted octanol–water partition coefficient (Wildman–Crippen LogP) is 3.03. The van der Waals surface area contributed by atoms with Crippen molar-refractivity contribution in [2.45, 2.75) is 36.9 Å². The number of pyridine rings is 1. The van der Waals surface area contributed by atoms with Crippen molar-refractivity contribution in [3.63, 3.8) is 0 Å². The molecule has 1 aromatic carbocycles. The van der Waals surface area contributed by atoms with Crippen LogP contribution in [0.25, 0.3) is 0 Å². The van der Waals surface area contributed by atoms with Gasteiger partial charge in [0.05, 0.1) is 10.5 Å². The molecule has 2 aromatic rings. The van der Waals surface area contributed by atoms with Crippen LogP contribution in [0.5, 0.6) is 0 Å². The van der Waals surface area contributed by atoms with Crippen molar-refractivity contribution >= 4 is 27.4 Å². The molecule has 1 aromatic heterocycles. The van der Waals surface area contributed by atoms with Crippen molar-refractivity contribution in [2.24, 2.45) is 0 Å². The molecule has 0 spiro atoms. The van der Waals surface area contributed by atoms with E-state index in [4.69, 9.17) is 0 Å². The van der Waals surface area contributed by atoms with E-state index in [0.29, 0.717) is 57.9 Å². The first-order valence-electron chi connectivity index (χ1n) is 11.4. The maximum atomic E-state index is 13.1. The zero-order chi connectivity index (χ0) is 25.2. The fourth-order valence-electron chi connectivity index (χ4n) is 4.35. The highest BCUT2D eigenvalue weighted by molar-refractivity contribution is 7.89. The summed E-state index contributed by atoms with van der Waals surface area (Å²) in [6, 6.07) is 8.98. The number of hydrogen-bond donors (Lipinski definition) is 1. The first-order chi connectivity index (χ1) is 16.5. The fourth-order valence-corrected chi connectivity index (χ4v) is 5.82. The summed E-state index contributed by atoms with van der Waals surface area (Å²) in [5.74, 6) is 0.389. The van der Waals surface area contributed by atoms with Crippen molar-refractivity contribution in [1.29, 1.82) is 0 Å². The molecular weight excluding hydrogens is 483 g/mol. The van der Waals surface area contributed by atoms with E-state index < -0.39 is 21.8 Å². The molecule has 3 heterocycles. The van der Waals surface area contributed by atoms with Gasteiger partial charge in [-0.2, -0.15) is 17.5 Å². The zero-order valence-electron chi connectivity index (χ0n) is 19.3. The second-order valence-corrected chi connectivity index (χ2v) is 10.7. The molecule has 0 bridgehead atoms. The number of carbonyl (C=O) groups excluding carboxylic acids is 1. The summed E-state index contributed by atoms with van der Waals surface area (Å²) in [5, 5.41) is 3.10. The van der Waals surface area contributed by atoms with Crippen molar-refractivity contribution < 1.29 is 26.4 Å². The molecule has 1 N–H and O–H groups in total. The average Bonchev–Trinajstić information content (AvgIpc) is 2.84. The van der Waals surface area contributed by atoms with Crippen LogP contribution < -0.4 is 10.2 Å². The van der Waals surface area contributed by atoms with Gasteiger partial charge in [0.2, 0.25) is 15.9 Å². The number of amides is 1. The summed E-state index contributed by atoms with van der Waals surface area (Å²) >= 11 is 0. The van der Waals surface area contributed by atoms with Gasteiger partial charge in [0, 0.05) is 64.1 Å². The van der Waals surface area contributed by atoms with E-state index in [1.54, 1.807) is 36.1 Å². The first-order valence-corrected chi connectivity index (χ1v) is 12.9. The van der Waals surface area contributed by atoms with Crippen LogP contribution in [0, 0.1) is 0 Å². The van der Waals surface area contributed by atoms with Gasteiger partial charge in [-0.25, -0.2) is 13.4 Å². The summed E-state index contributed by atoms with van der Waals surface area (Å²) in [5.41, 5.74) is 0.104. The second kappa shape index (κ2) is 10.0. The normalized spacial score (nSPS) is 18.5. The van der Waals surface area contributed by atoms with E-state index in [0.717, 1.165) is 18.0 Å². The molecule has 2 saturated heterocycles. The quantitative estimate of drug-likeness (QED) is 0.664. The highest BCUT2D eigenvalue weighted by atomic mass is 32.2. The Morgan fingerprint density at radius 3 is 2.11 bits per heavy atom. The highest BCUT2D eigenvalue weighted by Gasteiger charge is 2.32. The van der Waals surface area contributed by atoms with Crippen LogP contribution in [0.4, 0.5) is 24.7 Å². The molecule has 0 aliphatic carbocycles. The molecule has 35 heavy (non-hydrogen) atoms. The van der Waals surface area contributed by atoms with Crippen LogP contribution in [-0.4, -0.2) is 73.8 Å². The maximum absolute atomic E-state index is 13.1. The van der Waals surface area contributed by atoms with Gasteiger partial charge in [-0.1, -0.05) is 0 Å². The Labute approximate surface area is 202 Å². The summed E-state index contributed by atoms with van der Waals surface area (Å²) < 4.78 is 65.7. The number of nitrogens with one attached hydrogen (secondary N) is 1. The molecule has 1 amide bonds. The standard InChI is InChI=1S/C23H28F3N5O3S/c1-17(32)29-12-14-30(15-13-29)20-3-5-21(6-4-20)35(33,34)31-10-8-19(9-11-31)28-22-7-2-18(16-27-22)23(24,25)26/h2-7,16,19H,8-15H2,1H3,(H,27,28). The lowest BCUT2D eigenvalue weighted by Crippen LogP contribution is -2.48. The molecule has 0 unspecified atom stereocenters. The maximum Gasteiger partial charge on any atom is 0.417 e. The minimum absolute atomic E-state index is 0.0562. The number of piperidine rings is 1. The zero-order valence-corrected chi connectivity index (χ0v) is 20.1. The highest BCUT2D eigenvalue weighted by Crippen LogP contribution is 2.29. The Balaban J connectivity index is 1.32. The summed E-state index contributed by atoms with van der Waals surface area (Å²) in [6.07, 6.45) is -2.62. The third kappa shape index (κ3) is 5.87. The van der Waals surface area contributed by atoms with E-state index in [2.05, 4.69) is 15.2 Å². The summed E-state index contributed by atoms with van der Waals surface area (Å²) in [7, 11) is -3.65. The Morgan fingerprint density at radius 1 is 0.971 bits per heavy atom. The Hall–Kier alpha value is -2.86. The van der Waals surface area contributed by atoms with Gasteiger partial charge in [0.1, 0.15) is 5.82 Å². The van der Waals surface area contributed by atoms with Crippen molar-refractivity contribution in [3.05, 3.63) is 48.2 Å². The Bertz CT molecular complexity index is 1120. The number of halogens is 3. The number of hydrogen-bond acceptors (Lipinski definition) is 6. The number of carbonyl (C=O) groups is 1. The molecule has 190 valence electrons. The molecule has 2 aliphatic heterocycles. The molecule has 8 nitrogen and oxygen atoms in total. The fraction of sp³-hybridized carbons (Fsp3) is 0.478. The van der Waals surface area contributed by atoms with Crippen molar-refractivity contribution in [2.75, 3.05) is 49.5 Å². The van der Waals surface area contributed by atoms with Crippen LogP contribution in [0.3, 0.4) is 0 Å². The number of anilines is 2. The second-order valence-electron chi connectivity index (χ2n) is 8.74. The largest absolute Gasteiger partial charge is 0.417 e. The van der Waals surface area contributed by atoms with E-state index >= 15 is 0 Å². The molecule has 0 saturated carbocycles. The van der Waals surface area contributed by atoms with Crippen molar-refractivity contribution in [1.82, 2.24) is 14.2 Å². The van der Waals surface area contributed by atoms with E-state index in [1.165, 1.54) is 10.4 Å². The van der Waals surface area contributed by atoms with Gasteiger partial charge < -0.3 is 15.1 Å². The minimum Gasteiger partial charge on any atom is -0.368 e. The predicted molar refractivity (Wildman–Crippen MR) is 126 cm³/mol. The van der Waals surface area contributed by atoms with Gasteiger partial charge in [-0.3, -0.25) is 4.79 Å². The van der Waals surface area contributed by atoms with Crippen LogP contribution in [0.1, 0.15) is 25.3 Å². The van der Waals surface area contributed by atoms with E-state index in [1.807, 2.05) is 0 Å². The van der Waals surface area contributed by atoms with Crippen LogP contribution in [-0.2, 0) is 21.0 Å². The Kier molecular flexibility index (Phi) is 7.22. The lowest BCUT2D eigenvalue weighted by Gasteiger charge is -2.35. The number of aromatic nitrogens is 1. The van der Waals surface area contributed by atoms with Gasteiger partial charge in [0.15, 0.2) is 0 Å².